The van der Waals surface area contributed by atoms with Crippen LogP contribution in [0.25, 0.3) is 5.57 Å². The molecule has 0 aromatic heterocycles. The first kappa shape index (κ1) is 22.9. The summed E-state index contributed by atoms with van der Waals surface area (Å²) in [4.78, 5) is 33.1. The van der Waals surface area contributed by atoms with Gasteiger partial charge in [0, 0.05) is 26.2 Å². The summed E-state index contributed by atoms with van der Waals surface area (Å²) in [7, 11) is 3.61. The lowest BCUT2D eigenvalue weighted by molar-refractivity contribution is -0.120. The van der Waals surface area contributed by atoms with Gasteiger partial charge in [0.15, 0.2) is 0 Å². The standard InChI is InChI=1S/C26H31N3O4/c1-5-16-33-20-9-7-19(8-10-20)23-24(28-14-12-27(3)13-15-28)26(31)29(25(23)30)21-17-18(2)6-11-22(21)32-4/h6-11,17H,5,12-16H2,1-4H3. The average molecular weight is 450 g/mol. The maximum Gasteiger partial charge on any atom is 0.282 e. The second-order valence-electron chi connectivity index (χ2n) is 8.51. The molecule has 4 rings (SSSR count). The van der Waals surface area contributed by atoms with Gasteiger partial charge in [-0.05, 0) is 55.8 Å². The molecule has 0 radical (unpaired) electrons. The Labute approximate surface area is 195 Å². The van der Waals surface area contributed by atoms with Crippen molar-refractivity contribution in [2.45, 2.75) is 20.3 Å². The van der Waals surface area contributed by atoms with Crippen LogP contribution < -0.4 is 14.4 Å². The van der Waals surface area contributed by atoms with Crippen LogP contribution in [-0.4, -0.2) is 68.6 Å². The largest absolute Gasteiger partial charge is 0.495 e. The fourth-order valence-electron chi connectivity index (χ4n) is 4.23. The SMILES string of the molecule is CCCOc1ccc(C2=C(N3CCN(C)CC3)C(=O)N(c3cc(C)ccc3OC)C2=O)cc1. The van der Waals surface area contributed by atoms with Gasteiger partial charge in [0.2, 0.25) is 0 Å². The van der Waals surface area contributed by atoms with Gasteiger partial charge in [0.05, 0.1) is 25.0 Å². The van der Waals surface area contributed by atoms with Crippen LogP contribution in [0.2, 0.25) is 0 Å². The number of likely N-dealkylation sites (N-methyl/N-ethyl adjacent to an activating group) is 1. The Kier molecular flexibility index (Phi) is 6.70. The minimum Gasteiger partial charge on any atom is -0.495 e. The normalized spacial score (nSPS) is 17.2. The van der Waals surface area contributed by atoms with E-state index in [0.717, 1.165) is 30.8 Å². The van der Waals surface area contributed by atoms with Crippen molar-refractivity contribution in [3.63, 3.8) is 0 Å². The molecule has 7 heteroatoms. The predicted octanol–water partition coefficient (Wildman–Crippen LogP) is 3.32. The topological polar surface area (TPSA) is 62.3 Å². The zero-order chi connectivity index (χ0) is 23.5. The number of methoxy groups -OCH3 is 1. The van der Waals surface area contributed by atoms with Crippen LogP contribution in [0.1, 0.15) is 24.5 Å². The number of hydrogen-bond donors (Lipinski definition) is 0. The highest BCUT2D eigenvalue weighted by Crippen LogP contribution is 2.39. The quantitative estimate of drug-likeness (QED) is 0.605. The van der Waals surface area contributed by atoms with Crippen LogP contribution in [0, 0.1) is 6.92 Å². The van der Waals surface area contributed by atoms with Crippen LogP contribution in [0.15, 0.2) is 48.2 Å². The molecule has 2 aromatic carbocycles. The van der Waals surface area contributed by atoms with Crippen molar-refractivity contribution >= 4 is 23.1 Å². The van der Waals surface area contributed by atoms with Gasteiger partial charge in [0.25, 0.3) is 11.8 Å². The lowest BCUT2D eigenvalue weighted by atomic mass is 10.0. The molecule has 2 aliphatic rings. The zero-order valence-electron chi connectivity index (χ0n) is 19.8. The lowest BCUT2D eigenvalue weighted by Crippen LogP contribution is -2.46. The molecule has 0 unspecified atom stereocenters. The van der Waals surface area contributed by atoms with Crippen molar-refractivity contribution in [3.05, 3.63) is 59.3 Å². The Morgan fingerprint density at radius 1 is 0.939 bits per heavy atom. The summed E-state index contributed by atoms with van der Waals surface area (Å²) in [5.41, 5.74) is 3.00. The molecule has 0 saturated carbocycles. The number of benzene rings is 2. The van der Waals surface area contributed by atoms with Crippen LogP contribution in [0.4, 0.5) is 5.69 Å². The molecular weight excluding hydrogens is 418 g/mol. The molecule has 0 spiro atoms. The molecule has 33 heavy (non-hydrogen) atoms. The van der Waals surface area contributed by atoms with Crippen molar-refractivity contribution in [1.29, 1.82) is 0 Å². The minimum atomic E-state index is -0.333. The van der Waals surface area contributed by atoms with Gasteiger partial charge in [-0.2, -0.15) is 0 Å². The molecule has 0 atom stereocenters. The molecule has 1 saturated heterocycles. The summed E-state index contributed by atoms with van der Waals surface area (Å²) < 4.78 is 11.2. The fourth-order valence-corrected chi connectivity index (χ4v) is 4.23. The Bertz CT molecular complexity index is 1070. The van der Waals surface area contributed by atoms with E-state index in [1.807, 2.05) is 48.2 Å². The number of rotatable bonds is 7. The average Bonchev–Trinajstić information content (AvgIpc) is 3.08. The van der Waals surface area contributed by atoms with Crippen molar-refractivity contribution in [2.24, 2.45) is 0 Å². The molecule has 2 aromatic rings. The minimum absolute atomic E-state index is 0.310. The van der Waals surface area contributed by atoms with E-state index in [1.165, 1.54) is 4.90 Å². The van der Waals surface area contributed by atoms with Gasteiger partial charge >= 0.3 is 0 Å². The maximum absolute atomic E-state index is 13.8. The maximum atomic E-state index is 13.8. The predicted molar refractivity (Wildman–Crippen MR) is 128 cm³/mol. The Morgan fingerprint density at radius 2 is 1.64 bits per heavy atom. The second kappa shape index (κ2) is 9.67. The Balaban J connectivity index is 1.78. The summed E-state index contributed by atoms with van der Waals surface area (Å²) in [6, 6.07) is 12.9. The molecule has 1 fully saturated rings. The smallest absolute Gasteiger partial charge is 0.282 e. The van der Waals surface area contributed by atoms with Crippen molar-refractivity contribution in [2.75, 3.05) is 51.8 Å². The molecule has 2 aliphatic heterocycles. The van der Waals surface area contributed by atoms with Gasteiger partial charge in [0.1, 0.15) is 17.2 Å². The highest BCUT2D eigenvalue weighted by molar-refractivity contribution is 6.45. The van der Waals surface area contributed by atoms with E-state index in [9.17, 15) is 9.59 Å². The fraction of sp³-hybridized carbons (Fsp3) is 0.385. The van der Waals surface area contributed by atoms with E-state index in [-0.39, 0.29) is 11.8 Å². The monoisotopic (exact) mass is 449 g/mol. The number of ether oxygens (including phenoxy) is 2. The van der Waals surface area contributed by atoms with Gasteiger partial charge in [-0.3, -0.25) is 9.59 Å². The first-order chi connectivity index (χ1) is 15.9. The number of nitrogens with zero attached hydrogens (tertiary/aromatic N) is 3. The first-order valence-corrected chi connectivity index (χ1v) is 11.4. The van der Waals surface area contributed by atoms with Gasteiger partial charge in [-0.15, -0.1) is 0 Å². The van der Waals surface area contributed by atoms with Crippen LogP contribution in [-0.2, 0) is 9.59 Å². The molecule has 0 N–H and O–H groups in total. The van der Waals surface area contributed by atoms with E-state index < -0.39 is 0 Å². The summed E-state index contributed by atoms with van der Waals surface area (Å²) >= 11 is 0. The Hall–Kier alpha value is -3.32. The van der Waals surface area contributed by atoms with Crippen LogP contribution in [0.3, 0.4) is 0 Å². The molecule has 0 aliphatic carbocycles. The molecule has 2 amide bonds. The summed E-state index contributed by atoms with van der Waals surface area (Å²) in [6.07, 6.45) is 0.917. The number of hydrogen-bond acceptors (Lipinski definition) is 6. The highest BCUT2D eigenvalue weighted by Gasteiger charge is 2.43. The Morgan fingerprint density at radius 3 is 2.27 bits per heavy atom. The van der Waals surface area contributed by atoms with Crippen LogP contribution >= 0.6 is 0 Å². The lowest BCUT2D eigenvalue weighted by Gasteiger charge is -2.34. The van der Waals surface area contributed by atoms with Crippen molar-refractivity contribution in [3.8, 4) is 11.5 Å². The number of carbonyl (C=O) groups is 2. The second-order valence-corrected chi connectivity index (χ2v) is 8.51. The van der Waals surface area contributed by atoms with E-state index in [1.54, 1.807) is 13.2 Å². The van der Waals surface area contributed by atoms with Crippen molar-refractivity contribution < 1.29 is 19.1 Å². The molecule has 7 nitrogen and oxygen atoms in total. The molecule has 2 heterocycles. The number of carbonyl (C=O) groups excluding carboxylic acids is 2. The number of imide groups is 1. The number of amides is 2. The molecule has 174 valence electrons. The van der Waals surface area contributed by atoms with Gasteiger partial charge in [-0.25, -0.2) is 4.90 Å². The third-order valence-corrected chi connectivity index (χ3v) is 6.07. The van der Waals surface area contributed by atoms with E-state index in [0.29, 0.717) is 48.0 Å². The van der Waals surface area contributed by atoms with Crippen molar-refractivity contribution in [1.82, 2.24) is 9.80 Å². The van der Waals surface area contributed by atoms with E-state index >= 15 is 0 Å². The van der Waals surface area contributed by atoms with Gasteiger partial charge in [-0.1, -0.05) is 25.1 Å². The third kappa shape index (κ3) is 4.46. The first-order valence-electron chi connectivity index (χ1n) is 11.4. The van der Waals surface area contributed by atoms with Crippen LogP contribution in [0.5, 0.6) is 11.5 Å². The van der Waals surface area contributed by atoms with E-state index in [4.69, 9.17) is 9.47 Å². The molecule has 0 bridgehead atoms. The van der Waals surface area contributed by atoms with Gasteiger partial charge < -0.3 is 19.3 Å². The summed E-state index contributed by atoms with van der Waals surface area (Å²) in [5, 5.41) is 0. The van der Waals surface area contributed by atoms with E-state index in [2.05, 4.69) is 18.9 Å². The summed E-state index contributed by atoms with van der Waals surface area (Å²) in [5.74, 6) is 0.593. The third-order valence-electron chi connectivity index (χ3n) is 6.07. The number of aryl methyl sites for hydroxylation is 1. The highest BCUT2D eigenvalue weighted by atomic mass is 16.5. The summed E-state index contributed by atoms with van der Waals surface area (Å²) in [6.45, 7) is 7.64. The zero-order valence-corrected chi connectivity index (χ0v) is 19.8. The number of anilines is 1. The number of piperazine rings is 1. The molecular formula is C26H31N3O4.